The van der Waals surface area contributed by atoms with Gasteiger partial charge in [-0.3, -0.25) is 9.69 Å². The quantitative estimate of drug-likeness (QED) is 0.834. The molecule has 0 unspecified atom stereocenters. The summed E-state index contributed by atoms with van der Waals surface area (Å²) in [6.07, 6.45) is -0.682. The molecule has 6 nitrogen and oxygen atoms in total. The van der Waals surface area contributed by atoms with Crippen LogP contribution >= 0.6 is 28.3 Å². The smallest absolute Gasteiger partial charge is 0.438 e. The lowest BCUT2D eigenvalue weighted by Crippen LogP contribution is -2.36. The van der Waals surface area contributed by atoms with Crippen molar-refractivity contribution in [3.05, 3.63) is 22.7 Å². The SMILES string of the molecule is CCN(C(=O)ONC(C)=O)c1ccc(Br)cc1OC.Cl. The molecule has 1 aromatic carbocycles. The topological polar surface area (TPSA) is 67.9 Å². The fourth-order valence-electron chi connectivity index (χ4n) is 1.44. The van der Waals surface area contributed by atoms with E-state index in [2.05, 4.69) is 20.8 Å². The second-order valence-electron chi connectivity index (χ2n) is 3.59. The van der Waals surface area contributed by atoms with Gasteiger partial charge in [-0.2, -0.15) is 5.48 Å². The molecule has 0 spiro atoms. The van der Waals surface area contributed by atoms with Crippen LogP contribution in [-0.4, -0.2) is 25.7 Å². The molecule has 0 aliphatic rings. The molecular weight excluding hydrogens is 351 g/mol. The number of benzene rings is 1. The van der Waals surface area contributed by atoms with Gasteiger partial charge in [0.2, 0.25) is 5.91 Å². The Morgan fingerprint density at radius 1 is 1.40 bits per heavy atom. The summed E-state index contributed by atoms with van der Waals surface area (Å²) in [5.41, 5.74) is 2.56. The number of carbonyl (C=O) groups is 2. The monoisotopic (exact) mass is 366 g/mol. The van der Waals surface area contributed by atoms with Crippen molar-refractivity contribution in [3.63, 3.8) is 0 Å². The average molecular weight is 368 g/mol. The fourth-order valence-corrected chi connectivity index (χ4v) is 1.78. The van der Waals surface area contributed by atoms with E-state index in [1.165, 1.54) is 18.9 Å². The van der Waals surface area contributed by atoms with Crippen LogP contribution in [0.15, 0.2) is 22.7 Å². The Hall–Kier alpha value is -1.47. The maximum atomic E-state index is 11.9. The molecule has 112 valence electrons. The standard InChI is InChI=1S/C12H15BrN2O4.ClH/c1-4-15(12(17)19-14-8(2)16)10-6-5-9(13)7-11(10)18-3;/h5-7H,4H2,1-3H3,(H,14,16);1H. The van der Waals surface area contributed by atoms with E-state index < -0.39 is 12.0 Å². The number of nitrogens with zero attached hydrogens (tertiary/aromatic N) is 1. The summed E-state index contributed by atoms with van der Waals surface area (Å²) >= 11 is 3.32. The third-order valence-electron chi connectivity index (χ3n) is 2.25. The lowest BCUT2D eigenvalue weighted by atomic mass is 10.2. The Morgan fingerprint density at radius 2 is 2.05 bits per heavy atom. The zero-order valence-corrected chi connectivity index (χ0v) is 13.7. The van der Waals surface area contributed by atoms with Gasteiger partial charge in [-0.1, -0.05) is 15.9 Å². The molecule has 0 fully saturated rings. The summed E-state index contributed by atoms with van der Waals surface area (Å²) < 4.78 is 6.05. The van der Waals surface area contributed by atoms with Gasteiger partial charge in [0.15, 0.2) is 0 Å². The molecule has 1 aromatic rings. The molecule has 20 heavy (non-hydrogen) atoms. The van der Waals surface area contributed by atoms with Crippen LogP contribution in [0.1, 0.15) is 13.8 Å². The van der Waals surface area contributed by atoms with Gasteiger partial charge in [0, 0.05) is 17.9 Å². The Balaban J connectivity index is 0.00000361. The Labute approximate surface area is 131 Å². The van der Waals surface area contributed by atoms with E-state index in [-0.39, 0.29) is 12.4 Å². The van der Waals surface area contributed by atoms with Gasteiger partial charge in [-0.25, -0.2) is 4.79 Å². The minimum absolute atomic E-state index is 0. The molecule has 0 atom stereocenters. The summed E-state index contributed by atoms with van der Waals surface area (Å²) in [6.45, 7) is 3.41. The highest BCUT2D eigenvalue weighted by molar-refractivity contribution is 9.10. The van der Waals surface area contributed by atoms with Gasteiger partial charge in [0.05, 0.1) is 12.8 Å². The first-order valence-corrected chi connectivity index (χ1v) is 6.37. The second kappa shape index (κ2) is 8.65. The molecule has 1 N–H and O–H groups in total. The number of anilines is 1. The first kappa shape index (κ1) is 18.5. The maximum absolute atomic E-state index is 11.9. The number of hydroxylamine groups is 1. The predicted octanol–water partition coefficient (Wildman–Crippen LogP) is 2.89. The van der Waals surface area contributed by atoms with E-state index in [9.17, 15) is 9.59 Å². The zero-order valence-electron chi connectivity index (χ0n) is 11.3. The van der Waals surface area contributed by atoms with Gasteiger partial charge in [0.25, 0.3) is 0 Å². The molecular formula is C12H16BrClN2O4. The Morgan fingerprint density at radius 3 is 2.55 bits per heavy atom. The van der Waals surface area contributed by atoms with Gasteiger partial charge in [-0.15, -0.1) is 12.4 Å². The van der Waals surface area contributed by atoms with Gasteiger partial charge >= 0.3 is 6.09 Å². The van der Waals surface area contributed by atoms with E-state index in [0.29, 0.717) is 18.0 Å². The summed E-state index contributed by atoms with van der Waals surface area (Å²) in [5, 5.41) is 0. The largest absolute Gasteiger partial charge is 0.495 e. The molecule has 8 heteroatoms. The minimum Gasteiger partial charge on any atom is -0.495 e. The summed E-state index contributed by atoms with van der Waals surface area (Å²) in [4.78, 5) is 28.6. The van der Waals surface area contributed by atoms with Crippen molar-refractivity contribution in [2.75, 3.05) is 18.6 Å². The second-order valence-corrected chi connectivity index (χ2v) is 4.50. The highest BCUT2D eigenvalue weighted by atomic mass is 79.9. The van der Waals surface area contributed by atoms with Crippen LogP contribution in [0.25, 0.3) is 0 Å². The molecule has 0 saturated heterocycles. The average Bonchev–Trinajstić information content (AvgIpc) is 2.38. The third-order valence-corrected chi connectivity index (χ3v) is 2.74. The summed E-state index contributed by atoms with van der Waals surface area (Å²) in [5.74, 6) is 0.0724. The number of ether oxygens (including phenoxy) is 1. The molecule has 0 saturated carbocycles. The minimum atomic E-state index is -0.682. The number of hydrogen-bond acceptors (Lipinski definition) is 4. The molecule has 1 rings (SSSR count). The van der Waals surface area contributed by atoms with Crippen LogP contribution in [0.5, 0.6) is 5.75 Å². The van der Waals surface area contributed by atoms with E-state index in [1.54, 1.807) is 25.1 Å². The van der Waals surface area contributed by atoms with Crippen LogP contribution in [0, 0.1) is 0 Å². The van der Waals surface area contributed by atoms with Crippen LogP contribution in [-0.2, 0) is 9.63 Å². The normalized spacial score (nSPS) is 9.20. The number of carbonyl (C=O) groups excluding carboxylic acids is 2. The molecule has 2 amide bonds. The van der Waals surface area contributed by atoms with E-state index in [0.717, 1.165) is 4.47 Å². The van der Waals surface area contributed by atoms with Crippen molar-refractivity contribution in [2.45, 2.75) is 13.8 Å². The third kappa shape index (κ3) is 4.90. The lowest BCUT2D eigenvalue weighted by Gasteiger charge is -2.22. The molecule has 0 aliphatic carbocycles. The van der Waals surface area contributed by atoms with Crippen molar-refractivity contribution in [1.82, 2.24) is 5.48 Å². The first-order chi connectivity index (χ1) is 8.99. The van der Waals surface area contributed by atoms with Crippen molar-refractivity contribution in [3.8, 4) is 5.75 Å². The highest BCUT2D eigenvalue weighted by Crippen LogP contribution is 2.31. The number of amides is 2. The van der Waals surface area contributed by atoms with Crippen molar-refractivity contribution >= 4 is 46.0 Å². The molecule has 0 heterocycles. The number of halogens is 2. The van der Waals surface area contributed by atoms with Crippen LogP contribution in [0.3, 0.4) is 0 Å². The number of rotatable bonds is 3. The Kier molecular flexibility index (Phi) is 8.02. The number of nitrogens with one attached hydrogen (secondary N) is 1. The number of methoxy groups -OCH3 is 1. The van der Waals surface area contributed by atoms with E-state index >= 15 is 0 Å². The molecule has 0 radical (unpaired) electrons. The zero-order chi connectivity index (χ0) is 14.4. The van der Waals surface area contributed by atoms with E-state index in [4.69, 9.17) is 4.74 Å². The maximum Gasteiger partial charge on any atom is 0.438 e. The van der Waals surface area contributed by atoms with Crippen molar-refractivity contribution in [2.24, 2.45) is 0 Å². The van der Waals surface area contributed by atoms with Crippen molar-refractivity contribution in [1.29, 1.82) is 0 Å². The van der Waals surface area contributed by atoms with Gasteiger partial charge < -0.3 is 9.57 Å². The molecule has 0 aromatic heterocycles. The van der Waals surface area contributed by atoms with Crippen LogP contribution < -0.4 is 15.1 Å². The Bertz CT molecular complexity index is 485. The number of hydrogen-bond donors (Lipinski definition) is 1. The molecule has 0 aliphatic heterocycles. The van der Waals surface area contributed by atoms with Crippen LogP contribution in [0.2, 0.25) is 0 Å². The van der Waals surface area contributed by atoms with Crippen LogP contribution in [0.4, 0.5) is 10.5 Å². The van der Waals surface area contributed by atoms with Gasteiger partial charge in [-0.05, 0) is 25.1 Å². The first-order valence-electron chi connectivity index (χ1n) is 5.58. The van der Waals surface area contributed by atoms with Crippen molar-refractivity contribution < 1.29 is 19.2 Å². The van der Waals surface area contributed by atoms with E-state index in [1.807, 2.05) is 5.48 Å². The summed E-state index contributed by atoms with van der Waals surface area (Å²) in [7, 11) is 1.51. The fraction of sp³-hybridized carbons (Fsp3) is 0.333. The lowest BCUT2D eigenvalue weighted by molar-refractivity contribution is -0.127. The predicted molar refractivity (Wildman–Crippen MR) is 81.3 cm³/mol. The van der Waals surface area contributed by atoms with Gasteiger partial charge in [0.1, 0.15) is 5.75 Å². The highest BCUT2D eigenvalue weighted by Gasteiger charge is 2.20. The summed E-state index contributed by atoms with van der Waals surface area (Å²) in [6, 6.07) is 5.25. The molecule has 0 bridgehead atoms.